The highest BCUT2D eigenvalue weighted by molar-refractivity contribution is 5.92. The molecule has 0 radical (unpaired) electrons. The van der Waals surface area contributed by atoms with Crippen molar-refractivity contribution in [2.24, 2.45) is 5.73 Å². The van der Waals surface area contributed by atoms with Crippen molar-refractivity contribution in [2.45, 2.75) is 38.0 Å². The predicted octanol–water partition coefficient (Wildman–Crippen LogP) is 3.59. The highest BCUT2D eigenvalue weighted by Gasteiger charge is 2.22. The second-order valence-corrected chi connectivity index (χ2v) is 9.27. The van der Waals surface area contributed by atoms with Gasteiger partial charge in [-0.05, 0) is 48.6 Å². The molecular weight excluding hydrogens is 512 g/mol. The SMILES string of the molecule is C[C@H](CCc1ccc(C(N)=O)cc1)N(C[C@H](O)c1ccccc1)C[C@H](O)c1ccccc1.O=C(O)/C=C/C(=O)O. The fourth-order valence-electron chi connectivity index (χ4n) is 3.98. The van der Waals surface area contributed by atoms with E-state index in [0.29, 0.717) is 30.8 Å². The van der Waals surface area contributed by atoms with Crippen molar-refractivity contribution in [1.29, 1.82) is 0 Å². The molecule has 40 heavy (non-hydrogen) atoms. The van der Waals surface area contributed by atoms with Gasteiger partial charge in [0, 0.05) is 36.8 Å². The number of amides is 1. The fourth-order valence-corrected chi connectivity index (χ4v) is 3.98. The Labute approximate surface area is 233 Å². The summed E-state index contributed by atoms with van der Waals surface area (Å²) in [4.78, 5) is 32.5. The van der Waals surface area contributed by atoms with E-state index in [9.17, 15) is 24.6 Å². The Morgan fingerprint density at radius 1 is 0.750 bits per heavy atom. The van der Waals surface area contributed by atoms with Gasteiger partial charge in [-0.3, -0.25) is 9.69 Å². The molecule has 0 saturated heterocycles. The standard InChI is InChI=1S/C27H32N2O3.C4H4O4/c1-20(12-13-21-14-16-24(17-15-21)27(28)32)29(18-25(30)22-8-4-2-5-9-22)19-26(31)23-10-6-3-7-11-23;5-3(6)1-2-4(7)8/h2-11,14-17,20,25-26,30-31H,12-13,18-19H2,1H3,(H2,28,32);1-2H,(H,5,6)(H,7,8)/b;2-1+/t20-,25+,26+;/m1./s1. The zero-order valence-electron chi connectivity index (χ0n) is 22.3. The maximum absolute atomic E-state index is 11.3. The summed E-state index contributed by atoms with van der Waals surface area (Å²) in [6, 6.07) is 26.7. The molecule has 3 atom stereocenters. The summed E-state index contributed by atoms with van der Waals surface area (Å²) in [6.45, 7) is 2.97. The molecule has 9 heteroatoms. The number of nitrogens with two attached hydrogens (primary N) is 1. The highest BCUT2D eigenvalue weighted by Crippen LogP contribution is 2.22. The van der Waals surface area contributed by atoms with Gasteiger partial charge in [0.2, 0.25) is 5.91 Å². The Balaban J connectivity index is 0.000000611. The van der Waals surface area contributed by atoms with E-state index in [-0.39, 0.29) is 6.04 Å². The lowest BCUT2D eigenvalue weighted by Gasteiger charge is -2.33. The van der Waals surface area contributed by atoms with E-state index in [1.54, 1.807) is 12.1 Å². The number of carbonyl (C=O) groups is 3. The minimum atomic E-state index is -1.26. The van der Waals surface area contributed by atoms with E-state index in [2.05, 4.69) is 11.8 Å². The van der Waals surface area contributed by atoms with Crippen LogP contribution in [-0.4, -0.2) is 62.3 Å². The predicted molar refractivity (Wildman–Crippen MR) is 152 cm³/mol. The van der Waals surface area contributed by atoms with Gasteiger partial charge in [0.15, 0.2) is 0 Å². The number of aliphatic hydroxyl groups excluding tert-OH is 2. The molecule has 1 amide bonds. The zero-order valence-corrected chi connectivity index (χ0v) is 22.3. The van der Waals surface area contributed by atoms with Gasteiger partial charge in [-0.15, -0.1) is 0 Å². The second-order valence-electron chi connectivity index (χ2n) is 9.27. The molecule has 212 valence electrons. The third-order valence-corrected chi connectivity index (χ3v) is 6.26. The summed E-state index contributed by atoms with van der Waals surface area (Å²) < 4.78 is 0. The van der Waals surface area contributed by atoms with Gasteiger partial charge in [0.1, 0.15) is 0 Å². The number of nitrogens with zero attached hydrogens (tertiary/aromatic N) is 1. The molecule has 0 aliphatic heterocycles. The van der Waals surface area contributed by atoms with Crippen LogP contribution in [0.15, 0.2) is 97.1 Å². The van der Waals surface area contributed by atoms with Gasteiger partial charge in [-0.2, -0.15) is 0 Å². The number of carboxylic acid groups (broad SMARTS) is 2. The number of benzene rings is 3. The Hall–Kier alpha value is -4.31. The Bertz CT molecular complexity index is 1170. The number of aliphatic hydroxyl groups is 2. The van der Waals surface area contributed by atoms with E-state index in [1.165, 1.54) is 0 Å². The normalized spacial score (nSPS) is 13.2. The maximum Gasteiger partial charge on any atom is 0.328 e. The summed E-state index contributed by atoms with van der Waals surface area (Å²) in [5.41, 5.74) is 8.67. The molecule has 3 aromatic carbocycles. The van der Waals surface area contributed by atoms with Crippen molar-refractivity contribution in [1.82, 2.24) is 4.90 Å². The molecule has 0 unspecified atom stereocenters. The molecule has 0 bridgehead atoms. The van der Waals surface area contributed by atoms with Crippen LogP contribution in [0.1, 0.15) is 52.6 Å². The Morgan fingerprint density at radius 3 is 1.55 bits per heavy atom. The second kappa shape index (κ2) is 16.6. The van der Waals surface area contributed by atoms with Crippen molar-refractivity contribution < 1.29 is 34.8 Å². The van der Waals surface area contributed by atoms with Crippen molar-refractivity contribution in [3.8, 4) is 0 Å². The summed E-state index contributed by atoms with van der Waals surface area (Å²) in [5.74, 6) is -2.94. The lowest BCUT2D eigenvalue weighted by Crippen LogP contribution is -2.39. The lowest BCUT2D eigenvalue weighted by atomic mass is 10.0. The smallest absolute Gasteiger partial charge is 0.328 e. The zero-order chi connectivity index (χ0) is 29.5. The molecular formula is C31H36N2O7. The van der Waals surface area contributed by atoms with Crippen LogP contribution in [-0.2, 0) is 16.0 Å². The quantitative estimate of drug-likeness (QED) is 0.203. The molecule has 3 rings (SSSR count). The van der Waals surface area contributed by atoms with Crippen LogP contribution in [0.5, 0.6) is 0 Å². The minimum Gasteiger partial charge on any atom is -0.478 e. The highest BCUT2D eigenvalue weighted by atomic mass is 16.4. The van der Waals surface area contributed by atoms with Gasteiger partial charge in [-0.1, -0.05) is 72.8 Å². The lowest BCUT2D eigenvalue weighted by molar-refractivity contribution is -0.134. The third-order valence-electron chi connectivity index (χ3n) is 6.26. The molecule has 0 saturated carbocycles. The first-order valence-corrected chi connectivity index (χ1v) is 12.8. The summed E-state index contributed by atoms with van der Waals surface area (Å²) in [6.07, 6.45) is 1.50. The topological polar surface area (TPSA) is 161 Å². The van der Waals surface area contributed by atoms with E-state index in [4.69, 9.17) is 15.9 Å². The molecule has 6 N–H and O–H groups in total. The molecule has 0 spiro atoms. The average Bonchev–Trinajstić information content (AvgIpc) is 2.95. The largest absolute Gasteiger partial charge is 0.478 e. The maximum atomic E-state index is 11.3. The van der Waals surface area contributed by atoms with Crippen molar-refractivity contribution in [3.05, 3.63) is 119 Å². The number of primary amides is 1. The Morgan fingerprint density at radius 2 is 1.18 bits per heavy atom. The van der Waals surface area contributed by atoms with Crippen molar-refractivity contribution in [2.75, 3.05) is 13.1 Å². The van der Waals surface area contributed by atoms with Gasteiger partial charge in [-0.25, -0.2) is 9.59 Å². The number of aryl methyl sites for hydroxylation is 1. The van der Waals surface area contributed by atoms with Crippen LogP contribution in [0.2, 0.25) is 0 Å². The van der Waals surface area contributed by atoms with Gasteiger partial charge < -0.3 is 26.2 Å². The summed E-state index contributed by atoms with van der Waals surface area (Å²) in [5, 5.41) is 37.3. The molecule has 0 fully saturated rings. The van der Waals surface area contributed by atoms with Crippen LogP contribution < -0.4 is 5.73 Å². The van der Waals surface area contributed by atoms with Crippen LogP contribution in [0, 0.1) is 0 Å². The van der Waals surface area contributed by atoms with Gasteiger partial charge >= 0.3 is 11.9 Å². The molecule has 9 nitrogen and oxygen atoms in total. The number of hydrogen-bond donors (Lipinski definition) is 5. The Kier molecular flexibility index (Phi) is 13.2. The van der Waals surface area contributed by atoms with Crippen LogP contribution in [0.25, 0.3) is 0 Å². The minimum absolute atomic E-state index is 0.127. The molecule has 3 aromatic rings. The first kappa shape index (κ1) is 31.9. The first-order valence-electron chi connectivity index (χ1n) is 12.8. The fraction of sp³-hybridized carbons (Fsp3) is 0.258. The molecule has 0 aliphatic rings. The van der Waals surface area contributed by atoms with Gasteiger partial charge in [0.25, 0.3) is 0 Å². The number of aliphatic carboxylic acids is 2. The van der Waals surface area contributed by atoms with E-state index < -0.39 is 30.1 Å². The van der Waals surface area contributed by atoms with E-state index in [0.717, 1.165) is 29.5 Å². The number of hydrogen-bond acceptors (Lipinski definition) is 6. The average molecular weight is 549 g/mol. The van der Waals surface area contributed by atoms with Crippen molar-refractivity contribution in [3.63, 3.8) is 0 Å². The van der Waals surface area contributed by atoms with Crippen LogP contribution in [0.4, 0.5) is 0 Å². The van der Waals surface area contributed by atoms with Gasteiger partial charge in [0.05, 0.1) is 12.2 Å². The molecule has 0 aromatic heterocycles. The molecule has 0 heterocycles. The summed E-state index contributed by atoms with van der Waals surface area (Å²) >= 11 is 0. The number of carboxylic acids is 2. The summed E-state index contributed by atoms with van der Waals surface area (Å²) in [7, 11) is 0. The van der Waals surface area contributed by atoms with Crippen LogP contribution in [0.3, 0.4) is 0 Å². The van der Waals surface area contributed by atoms with E-state index in [1.807, 2.05) is 72.8 Å². The third kappa shape index (κ3) is 11.6. The first-order chi connectivity index (χ1) is 19.1. The van der Waals surface area contributed by atoms with E-state index >= 15 is 0 Å². The van der Waals surface area contributed by atoms with Crippen LogP contribution >= 0.6 is 0 Å². The van der Waals surface area contributed by atoms with Crippen molar-refractivity contribution >= 4 is 17.8 Å². The monoisotopic (exact) mass is 548 g/mol. The molecule has 0 aliphatic carbocycles. The number of carbonyl (C=O) groups excluding carboxylic acids is 1. The number of rotatable bonds is 13.